The number of carbonyl (C=O) groups is 9. The van der Waals surface area contributed by atoms with Gasteiger partial charge in [0.15, 0.2) is 0 Å². The average molecular weight is 1040 g/mol. The lowest BCUT2D eigenvalue weighted by atomic mass is 9.97. The minimum Gasteiger partial charge on any atom is -0.508 e. The number of fused-ring (bicyclic) bond motifs is 2. The van der Waals surface area contributed by atoms with Gasteiger partial charge in [0.25, 0.3) is 17.5 Å². The third kappa shape index (κ3) is 10.5. The second-order valence-corrected chi connectivity index (χ2v) is 18.7. The van der Waals surface area contributed by atoms with Crippen LogP contribution in [0.5, 0.6) is 5.75 Å². The molecule has 1 aromatic carbocycles. The number of ether oxygens (including phenoxy) is 1. The van der Waals surface area contributed by atoms with Crippen molar-refractivity contribution >= 4 is 88.7 Å². The molecule has 6 heterocycles. The molecule has 8 amide bonds. The molecule has 5 aliphatic heterocycles. The standard InChI is InChI=1S/C22H29N9O9S2.C18H19N3O5S.H2O/c1-5-29-6-7-30(16(35)15(29)34)20(39)23-12(10(2)32)14(33)24-22(40-4)18(38)31-13(17(36)37)11(8-41-19(22)31)9-42-21-25-26-27-28(21)3;1-2-3-10-8-27-17-13(16(24)21(17)14(10)18(25)26)20-15(23)12(19)9-4-6-11(22)7-5-9;/h10,12,19,32H,5-9H2,1-4H3,(H,23,39)(H,24,33)(H,36,37);2-7,12-13,17,22H,8,19H2,1H3,(H,20,23)(H,25,26);1H2/b;3-2-;/t10-,12+,19+,22-;12-,13-,17-;/m01./s1. The van der Waals surface area contributed by atoms with Crippen LogP contribution >= 0.6 is 35.3 Å². The van der Waals surface area contributed by atoms with Gasteiger partial charge >= 0.3 is 29.8 Å². The number of phenols is 1. The highest BCUT2D eigenvalue weighted by Gasteiger charge is 2.67. The van der Waals surface area contributed by atoms with Gasteiger partial charge in [0, 0.05) is 51.1 Å². The van der Waals surface area contributed by atoms with Crippen molar-refractivity contribution in [1.29, 1.82) is 0 Å². The van der Waals surface area contributed by atoms with Crippen molar-refractivity contribution < 1.29 is 73.8 Å². The Labute approximate surface area is 410 Å². The fourth-order valence-electron chi connectivity index (χ4n) is 7.64. The first-order valence-electron chi connectivity index (χ1n) is 20.8. The number of aromatic nitrogens is 4. The highest BCUT2D eigenvalue weighted by Crippen LogP contribution is 2.47. The summed E-state index contributed by atoms with van der Waals surface area (Å²) in [6, 6.07) is 1.32. The molecule has 0 aliphatic carbocycles. The Bertz CT molecular complexity index is 2540. The van der Waals surface area contributed by atoms with Gasteiger partial charge in [-0.1, -0.05) is 36.0 Å². The monoisotopic (exact) mass is 1030 g/mol. The molecular weight excluding hydrogens is 985 g/mol. The average Bonchev–Trinajstić information content (AvgIpc) is 3.74. The number of hydrogen-bond donors (Lipinski definition) is 8. The summed E-state index contributed by atoms with van der Waals surface area (Å²) in [6.07, 6.45) is 1.90. The number of carboxylic acid groups (broad SMARTS) is 2. The molecule has 2 aromatic rings. The summed E-state index contributed by atoms with van der Waals surface area (Å²) in [5.74, 6) is -6.58. The number of benzene rings is 1. The number of aliphatic hydroxyl groups excluding tert-OH is 1. The van der Waals surface area contributed by atoms with Gasteiger partial charge in [-0.05, 0) is 60.0 Å². The number of amides is 8. The zero-order chi connectivity index (χ0) is 50.6. The smallest absolute Gasteiger partial charge is 0.352 e. The number of aromatic hydroxyl groups is 1. The zero-order valence-electron chi connectivity index (χ0n) is 37.9. The Morgan fingerprint density at radius 2 is 1.67 bits per heavy atom. The minimum absolute atomic E-state index is 0. The molecular formula is C40H50N12O15S3. The molecule has 70 heavy (non-hydrogen) atoms. The highest BCUT2D eigenvalue weighted by molar-refractivity contribution is 8.01. The van der Waals surface area contributed by atoms with Crippen LogP contribution in [0.15, 0.2) is 64.1 Å². The van der Waals surface area contributed by atoms with E-state index in [1.165, 1.54) is 69.2 Å². The number of hydrogen-bond acceptors (Lipinski definition) is 19. The molecule has 11 N–H and O–H groups in total. The number of β-lactam (4-membered cyclic amide) rings is 2. The zero-order valence-corrected chi connectivity index (χ0v) is 40.4. The number of urea groups is 1. The summed E-state index contributed by atoms with van der Waals surface area (Å²) in [6.45, 7) is 4.92. The quantitative estimate of drug-likeness (QED) is 0.0382. The fourth-order valence-corrected chi connectivity index (χ4v) is 11.4. The number of methoxy groups -OCH3 is 1. The van der Waals surface area contributed by atoms with Gasteiger partial charge in [-0.3, -0.25) is 43.5 Å². The molecule has 0 saturated carbocycles. The van der Waals surface area contributed by atoms with E-state index in [1.54, 1.807) is 33.0 Å². The van der Waals surface area contributed by atoms with E-state index in [0.29, 0.717) is 32.5 Å². The number of nitrogens with zero attached hydrogens (tertiary/aromatic N) is 8. The van der Waals surface area contributed by atoms with Gasteiger partial charge in [0.1, 0.15) is 46.0 Å². The second-order valence-electron chi connectivity index (χ2n) is 15.6. The second kappa shape index (κ2) is 22.5. The molecule has 3 fully saturated rings. The lowest BCUT2D eigenvalue weighted by molar-refractivity contribution is -0.193. The Hall–Kier alpha value is -6.57. The number of likely N-dealkylation sites (N-methyl/N-ethyl adjacent to an activating group) is 1. The number of nitrogens with two attached hydrogens (primary N) is 1. The van der Waals surface area contributed by atoms with Crippen LogP contribution in [0.3, 0.4) is 0 Å². The number of allylic oxidation sites excluding steroid dienone is 2. The number of aliphatic carboxylic acids is 2. The molecule has 0 unspecified atom stereocenters. The summed E-state index contributed by atoms with van der Waals surface area (Å²) in [7, 11) is 2.78. The fraction of sp³-hybridized carbons (Fsp3) is 0.450. The van der Waals surface area contributed by atoms with Gasteiger partial charge in [-0.2, -0.15) is 0 Å². The van der Waals surface area contributed by atoms with E-state index in [9.17, 15) is 63.6 Å². The molecule has 3 saturated heterocycles. The maximum Gasteiger partial charge on any atom is 0.352 e. The van der Waals surface area contributed by atoms with E-state index in [4.69, 9.17) is 10.5 Å². The van der Waals surface area contributed by atoms with Crippen molar-refractivity contribution in [3.8, 4) is 5.75 Å². The molecule has 0 bridgehead atoms. The lowest BCUT2D eigenvalue weighted by Crippen LogP contribution is -2.81. The number of piperazine rings is 1. The number of phenolic OH excluding ortho intramolecular Hbond substituents is 1. The van der Waals surface area contributed by atoms with E-state index in [1.807, 2.05) is 0 Å². The summed E-state index contributed by atoms with van der Waals surface area (Å²) < 4.78 is 6.84. The molecule has 0 spiro atoms. The molecule has 27 nitrogen and oxygen atoms in total. The van der Waals surface area contributed by atoms with Crippen LogP contribution in [0.4, 0.5) is 4.79 Å². The molecule has 378 valence electrons. The van der Waals surface area contributed by atoms with Crippen molar-refractivity contribution in [2.45, 2.75) is 66.6 Å². The predicted octanol–water partition coefficient (Wildman–Crippen LogP) is -2.95. The minimum atomic E-state index is -2.01. The predicted molar refractivity (Wildman–Crippen MR) is 246 cm³/mol. The molecule has 7 atom stereocenters. The van der Waals surface area contributed by atoms with E-state index in [2.05, 4.69) is 31.5 Å². The number of carbonyl (C=O) groups excluding carboxylic acids is 7. The Kier molecular flexibility index (Phi) is 17.4. The molecule has 5 aliphatic rings. The molecule has 1 aromatic heterocycles. The largest absolute Gasteiger partial charge is 0.508 e. The first kappa shape index (κ1) is 54.4. The maximum atomic E-state index is 13.4. The summed E-state index contributed by atoms with van der Waals surface area (Å²) in [5.41, 5.74) is 5.09. The number of tetrazole rings is 1. The van der Waals surface area contributed by atoms with Crippen molar-refractivity contribution in [2.24, 2.45) is 12.8 Å². The van der Waals surface area contributed by atoms with Gasteiger partial charge in [0.05, 0.1) is 6.10 Å². The summed E-state index contributed by atoms with van der Waals surface area (Å²) in [4.78, 5) is 117. The van der Waals surface area contributed by atoms with Crippen LogP contribution in [0.25, 0.3) is 0 Å². The Morgan fingerprint density at radius 3 is 2.24 bits per heavy atom. The van der Waals surface area contributed by atoms with Crippen molar-refractivity contribution in [2.75, 3.05) is 44.0 Å². The van der Waals surface area contributed by atoms with Crippen molar-refractivity contribution in [3.63, 3.8) is 0 Å². The van der Waals surface area contributed by atoms with Crippen LogP contribution in [-0.4, -0.2) is 198 Å². The van der Waals surface area contributed by atoms with Crippen molar-refractivity contribution in [1.82, 2.24) is 55.8 Å². The number of rotatable bonds is 15. The topological polar surface area (TPSA) is 394 Å². The summed E-state index contributed by atoms with van der Waals surface area (Å²) in [5, 5.41) is 56.4. The lowest BCUT2D eigenvalue weighted by Gasteiger charge is -2.56. The van der Waals surface area contributed by atoms with Crippen LogP contribution in [0.1, 0.15) is 32.4 Å². The number of aliphatic hydroxyl groups is 1. The highest BCUT2D eigenvalue weighted by atomic mass is 32.2. The van der Waals surface area contributed by atoms with Gasteiger partial charge < -0.3 is 57.2 Å². The van der Waals surface area contributed by atoms with Crippen LogP contribution in [-0.2, 0) is 50.1 Å². The Balaban J connectivity index is 0.000000281. The van der Waals surface area contributed by atoms with E-state index >= 15 is 0 Å². The molecule has 30 heteroatoms. The number of nitrogens with one attached hydrogen (secondary N) is 3. The number of thioether (sulfide) groups is 3. The van der Waals surface area contributed by atoms with Crippen molar-refractivity contribution in [3.05, 3.63) is 64.5 Å². The number of imide groups is 1. The van der Waals surface area contributed by atoms with Crippen LogP contribution in [0, 0.1) is 0 Å². The van der Waals surface area contributed by atoms with Crippen LogP contribution < -0.4 is 21.7 Å². The Morgan fingerprint density at radius 1 is 1.00 bits per heavy atom. The third-order valence-corrected chi connectivity index (χ3v) is 15.1. The van der Waals surface area contributed by atoms with E-state index < -0.39 is 94.1 Å². The normalized spacial score (nSPS) is 23.2. The van der Waals surface area contributed by atoms with E-state index in [0.717, 1.165) is 23.8 Å². The third-order valence-electron chi connectivity index (χ3n) is 11.3. The first-order chi connectivity index (χ1) is 32.7. The number of aryl methyl sites for hydroxylation is 1. The van der Waals surface area contributed by atoms with E-state index in [-0.39, 0.29) is 53.8 Å². The van der Waals surface area contributed by atoms with Gasteiger partial charge in [-0.25, -0.2) is 19.1 Å². The molecule has 7 rings (SSSR count). The first-order valence-corrected chi connectivity index (χ1v) is 23.9. The van der Waals surface area contributed by atoms with Gasteiger partial charge in [-0.15, -0.1) is 28.6 Å². The maximum absolute atomic E-state index is 13.4. The molecule has 0 radical (unpaired) electrons. The summed E-state index contributed by atoms with van der Waals surface area (Å²) >= 11 is 3.72. The van der Waals surface area contributed by atoms with Crippen LogP contribution in [0.2, 0.25) is 0 Å². The SMILES string of the molecule is C/C=C\C1=C(C(=O)O)N2C(=O)[C@@H](NC(=O)[C@H](N)c3ccc(O)cc3)[C@H]2SC1.CCN1CCN(C(=O)N[C@@H](C(=O)N[C@]2(OC)C(=O)N3C(C(=O)O)=C(CSc4nnnn4C)CS[C@@H]32)[C@H](C)O)C(=O)C1=O.O. The van der Waals surface area contributed by atoms with Gasteiger partial charge in [0.2, 0.25) is 17.0 Å². The number of carboxylic acids is 2.